The lowest BCUT2D eigenvalue weighted by molar-refractivity contribution is 0.0753. The van der Waals surface area contributed by atoms with Crippen LogP contribution in [-0.4, -0.2) is 22.9 Å². The number of ether oxygens (including phenoxy) is 1. The van der Waals surface area contributed by atoms with Crippen molar-refractivity contribution in [2.45, 2.75) is 25.9 Å². The van der Waals surface area contributed by atoms with Crippen LogP contribution in [0.15, 0.2) is 12.4 Å². The second-order valence-corrected chi connectivity index (χ2v) is 4.72. The van der Waals surface area contributed by atoms with Gasteiger partial charge in [-0.3, -0.25) is 4.68 Å². The van der Waals surface area contributed by atoms with Crippen LogP contribution in [0.5, 0.6) is 0 Å². The van der Waals surface area contributed by atoms with E-state index in [2.05, 4.69) is 5.10 Å². The summed E-state index contributed by atoms with van der Waals surface area (Å²) in [6.07, 6.45) is 7.71. The molecule has 0 radical (unpaired) electrons. The average Bonchev–Trinajstić information content (AvgIpc) is 2.87. The van der Waals surface area contributed by atoms with Crippen molar-refractivity contribution in [1.29, 1.82) is 0 Å². The Morgan fingerprint density at radius 2 is 2.31 bits per heavy atom. The Balaban J connectivity index is 1.71. The number of aromatic nitrogens is 2. The van der Waals surface area contributed by atoms with Gasteiger partial charge in [-0.15, -0.1) is 0 Å². The molecule has 1 aromatic heterocycles. The van der Waals surface area contributed by atoms with Crippen LogP contribution in [0, 0.1) is 11.8 Å². The lowest BCUT2D eigenvalue weighted by Gasteiger charge is -2.17. The van der Waals surface area contributed by atoms with Crippen molar-refractivity contribution in [2.75, 3.05) is 13.2 Å². The molecular formula is C12H21N3O. The van der Waals surface area contributed by atoms with E-state index in [1.54, 1.807) is 4.68 Å². The smallest absolute Gasteiger partial charge is 0.0747 e. The van der Waals surface area contributed by atoms with E-state index in [-0.39, 0.29) is 0 Å². The first-order chi connectivity index (χ1) is 7.79. The molecule has 1 aliphatic rings. The molecule has 1 saturated carbocycles. The summed E-state index contributed by atoms with van der Waals surface area (Å²) in [6, 6.07) is 0. The van der Waals surface area contributed by atoms with Gasteiger partial charge in [-0.1, -0.05) is 6.42 Å². The maximum Gasteiger partial charge on any atom is 0.0747 e. The fourth-order valence-corrected chi connectivity index (χ4v) is 2.52. The van der Waals surface area contributed by atoms with Crippen molar-refractivity contribution in [2.24, 2.45) is 24.6 Å². The molecule has 0 aromatic carbocycles. The molecule has 0 spiro atoms. The Bertz CT molecular complexity index is 324. The number of nitrogens with zero attached hydrogens (tertiary/aromatic N) is 2. The molecule has 16 heavy (non-hydrogen) atoms. The molecule has 0 amide bonds. The molecule has 1 aliphatic carbocycles. The van der Waals surface area contributed by atoms with Gasteiger partial charge < -0.3 is 10.5 Å². The highest BCUT2D eigenvalue weighted by molar-refractivity contribution is 5.01. The third kappa shape index (κ3) is 2.83. The van der Waals surface area contributed by atoms with Crippen molar-refractivity contribution < 1.29 is 4.74 Å². The number of hydrogen-bond donors (Lipinski definition) is 1. The normalized spacial score (nSPS) is 25.1. The van der Waals surface area contributed by atoms with E-state index in [1.165, 1.54) is 19.3 Å². The van der Waals surface area contributed by atoms with E-state index in [0.717, 1.165) is 18.7 Å². The minimum atomic E-state index is 0.668. The van der Waals surface area contributed by atoms with Crippen molar-refractivity contribution >= 4 is 0 Å². The number of aryl methyl sites for hydroxylation is 1. The topological polar surface area (TPSA) is 53.1 Å². The van der Waals surface area contributed by atoms with E-state index < -0.39 is 0 Å². The van der Waals surface area contributed by atoms with Gasteiger partial charge in [0.25, 0.3) is 0 Å². The van der Waals surface area contributed by atoms with Crippen LogP contribution in [0.25, 0.3) is 0 Å². The van der Waals surface area contributed by atoms with Gasteiger partial charge in [-0.2, -0.15) is 5.10 Å². The highest BCUT2D eigenvalue weighted by Crippen LogP contribution is 2.31. The predicted octanol–water partition coefficient (Wildman–Crippen LogP) is 1.31. The highest BCUT2D eigenvalue weighted by Gasteiger charge is 2.25. The van der Waals surface area contributed by atoms with E-state index in [0.29, 0.717) is 18.4 Å². The Morgan fingerprint density at radius 3 is 3.00 bits per heavy atom. The number of hydrogen-bond acceptors (Lipinski definition) is 3. The molecule has 2 N–H and O–H groups in total. The van der Waals surface area contributed by atoms with Gasteiger partial charge in [0.2, 0.25) is 0 Å². The molecule has 1 aromatic rings. The van der Waals surface area contributed by atoms with Crippen molar-refractivity contribution in [3.05, 3.63) is 18.0 Å². The van der Waals surface area contributed by atoms with Crippen LogP contribution in [0.1, 0.15) is 24.8 Å². The monoisotopic (exact) mass is 223 g/mol. The van der Waals surface area contributed by atoms with Crippen LogP contribution in [0.2, 0.25) is 0 Å². The molecule has 4 nitrogen and oxygen atoms in total. The first-order valence-corrected chi connectivity index (χ1v) is 6.05. The first-order valence-electron chi connectivity index (χ1n) is 6.05. The summed E-state index contributed by atoms with van der Waals surface area (Å²) in [7, 11) is 1.92. The SMILES string of the molecule is Cn1cc(COCC2CCCC2CN)cn1. The van der Waals surface area contributed by atoms with Crippen LogP contribution in [0.4, 0.5) is 0 Å². The number of rotatable bonds is 5. The van der Waals surface area contributed by atoms with Crippen molar-refractivity contribution in [3.63, 3.8) is 0 Å². The van der Waals surface area contributed by atoms with E-state index >= 15 is 0 Å². The summed E-state index contributed by atoms with van der Waals surface area (Å²) in [5.41, 5.74) is 6.88. The van der Waals surface area contributed by atoms with Crippen molar-refractivity contribution in [1.82, 2.24) is 9.78 Å². The van der Waals surface area contributed by atoms with Crippen LogP contribution < -0.4 is 5.73 Å². The Labute approximate surface area is 96.8 Å². The summed E-state index contributed by atoms with van der Waals surface area (Å²) in [5.74, 6) is 1.34. The summed E-state index contributed by atoms with van der Waals surface area (Å²) >= 11 is 0. The fourth-order valence-electron chi connectivity index (χ4n) is 2.52. The minimum absolute atomic E-state index is 0.668. The predicted molar refractivity (Wildman–Crippen MR) is 62.7 cm³/mol. The van der Waals surface area contributed by atoms with Gasteiger partial charge in [-0.25, -0.2) is 0 Å². The van der Waals surface area contributed by atoms with Crippen molar-refractivity contribution in [3.8, 4) is 0 Å². The van der Waals surface area contributed by atoms with Gasteiger partial charge in [0.15, 0.2) is 0 Å². The van der Waals surface area contributed by atoms with Gasteiger partial charge in [0.05, 0.1) is 19.4 Å². The third-order valence-corrected chi connectivity index (χ3v) is 3.48. The lowest BCUT2D eigenvalue weighted by Crippen LogP contribution is -2.22. The zero-order valence-electron chi connectivity index (χ0n) is 9.93. The third-order valence-electron chi connectivity index (χ3n) is 3.48. The summed E-state index contributed by atoms with van der Waals surface area (Å²) in [6.45, 7) is 2.32. The van der Waals surface area contributed by atoms with Gasteiger partial charge in [0.1, 0.15) is 0 Å². The van der Waals surface area contributed by atoms with Gasteiger partial charge in [0, 0.05) is 18.8 Å². The Kier molecular flexibility index (Phi) is 3.96. The highest BCUT2D eigenvalue weighted by atomic mass is 16.5. The second-order valence-electron chi connectivity index (χ2n) is 4.72. The lowest BCUT2D eigenvalue weighted by atomic mass is 9.97. The van der Waals surface area contributed by atoms with E-state index in [1.807, 2.05) is 19.4 Å². The minimum Gasteiger partial charge on any atom is -0.376 e. The van der Waals surface area contributed by atoms with Gasteiger partial charge >= 0.3 is 0 Å². The second kappa shape index (κ2) is 5.46. The zero-order valence-corrected chi connectivity index (χ0v) is 9.93. The van der Waals surface area contributed by atoms with E-state index in [4.69, 9.17) is 10.5 Å². The molecule has 2 rings (SSSR count). The quantitative estimate of drug-likeness (QED) is 0.819. The molecule has 1 fully saturated rings. The summed E-state index contributed by atoms with van der Waals surface area (Å²) in [5, 5.41) is 4.11. The molecule has 0 bridgehead atoms. The molecule has 0 aliphatic heterocycles. The fraction of sp³-hybridized carbons (Fsp3) is 0.750. The largest absolute Gasteiger partial charge is 0.376 e. The Morgan fingerprint density at radius 1 is 1.50 bits per heavy atom. The maximum absolute atomic E-state index is 5.74. The summed E-state index contributed by atoms with van der Waals surface area (Å²) in [4.78, 5) is 0. The molecule has 2 atom stereocenters. The standard InChI is InChI=1S/C12H21N3O/c1-15-7-10(6-14-15)8-16-9-12-4-2-3-11(12)5-13/h6-7,11-12H,2-5,8-9,13H2,1H3. The van der Waals surface area contributed by atoms with Gasteiger partial charge in [-0.05, 0) is 31.2 Å². The maximum atomic E-state index is 5.74. The molecule has 0 saturated heterocycles. The first kappa shape index (κ1) is 11.6. The van der Waals surface area contributed by atoms with Crippen LogP contribution >= 0.6 is 0 Å². The molecule has 2 unspecified atom stereocenters. The van der Waals surface area contributed by atoms with Crippen LogP contribution in [0.3, 0.4) is 0 Å². The Hall–Kier alpha value is -0.870. The van der Waals surface area contributed by atoms with E-state index in [9.17, 15) is 0 Å². The average molecular weight is 223 g/mol. The molecule has 90 valence electrons. The number of nitrogens with two attached hydrogens (primary N) is 1. The van der Waals surface area contributed by atoms with Crippen LogP contribution in [-0.2, 0) is 18.4 Å². The molecular weight excluding hydrogens is 202 g/mol. The molecule has 4 heteroatoms. The zero-order chi connectivity index (χ0) is 11.4. The summed E-state index contributed by atoms with van der Waals surface area (Å²) < 4.78 is 7.54. The molecule has 1 heterocycles.